The number of rotatable bonds is 12. The minimum atomic E-state index is -1.51. The number of ether oxygens (including phenoxy) is 1. The Kier molecular flexibility index (Phi) is 11.6. The van der Waals surface area contributed by atoms with Crippen molar-refractivity contribution in [2.24, 2.45) is 0 Å². The number of nitrogens with one attached hydrogen (secondary N) is 4. The highest BCUT2D eigenvalue weighted by Gasteiger charge is 2.48. The molecule has 0 spiro atoms. The summed E-state index contributed by atoms with van der Waals surface area (Å²) < 4.78 is 7.32. The van der Waals surface area contributed by atoms with E-state index in [-0.39, 0.29) is 29.5 Å². The molecule has 4 heterocycles. The van der Waals surface area contributed by atoms with Gasteiger partial charge in [-0.1, -0.05) is 91.0 Å². The van der Waals surface area contributed by atoms with Gasteiger partial charge in [-0.15, -0.1) is 0 Å². The molecule has 0 radical (unpaired) electrons. The summed E-state index contributed by atoms with van der Waals surface area (Å²) in [5.41, 5.74) is 3.63. The number of aliphatic hydroxyl groups excluding tert-OH is 2. The quantitative estimate of drug-likeness (QED) is 0.111. The number of aromatic nitrogens is 4. The van der Waals surface area contributed by atoms with Crippen LogP contribution in [-0.2, 0) is 16.1 Å². The Labute approximate surface area is 318 Å². The average molecular weight is 748 g/mol. The normalized spacial score (nSPS) is 20.0. The maximum atomic E-state index is 14.1. The molecule has 0 saturated carbocycles. The zero-order valence-corrected chi connectivity index (χ0v) is 30.4. The number of amides is 4. The van der Waals surface area contributed by atoms with E-state index in [1.807, 2.05) is 66.7 Å². The monoisotopic (exact) mass is 747 g/mol. The van der Waals surface area contributed by atoms with Gasteiger partial charge in [0.05, 0.1) is 6.33 Å². The molecule has 286 valence electrons. The van der Waals surface area contributed by atoms with Gasteiger partial charge in [-0.05, 0) is 36.5 Å². The molecule has 2 aliphatic rings. The minimum Gasteiger partial charge on any atom is -0.387 e. The van der Waals surface area contributed by atoms with E-state index in [4.69, 9.17) is 9.72 Å². The van der Waals surface area contributed by atoms with Crippen molar-refractivity contribution in [2.75, 3.05) is 31.5 Å². The number of likely N-dealkylation sites (tertiary alicyclic amines) is 1. The molecule has 6 N–H and O–H groups in total. The molecule has 2 aliphatic heterocycles. The first kappa shape index (κ1) is 37.4. The van der Waals surface area contributed by atoms with Gasteiger partial charge in [-0.25, -0.2) is 19.7 Å². The van der Waals surface area contributed by atoms with Crippen LogP contribution in [0.3, 0.4) is 0 Å². The number of aliphatic hydroxyl groups is 2. The maximum Gasteiger partial charge on any atom is 0.315 e. The lowest BCUT2D eigenvalue weighted by molar-refractivity contribution is -0.137. The number of urea groups is 1. The Morgan fingerprint density at radius 1 is 0.855 bits per heavy atom. The first-order chi connectivity index (χ1) is 26.8. The van der Waals surface area contributed by atoms with Crippen LogP contribution in [0.4, 0.5) is 10.6 Å². The smallest absolute Gasteiger partial charge is 0.315 e. The fraction of sp³-hybridized carbons (Fsp3) is 0.350. The van der Waals surface area contributed by atoms with Gasteiger partial charge >= 0.3 is 6.03 Å². The fourth-order valence-corrected chi connectivity index (χ4v) is 7.08. The van der Waals surface area contributed by atoms with E-state index in [1.54, 1.807) is 11.8 Å². The number of fused-ring (bicyclic) bond motifs is 1. The number of nitrogens with zero attached hydrogens (tertiary/aromatic N) is 5. The predicted molar refractivity (Wildman–Crippen MR) is 204 cm³/mol. The van der Waals surface area contributed by atoms with Crippen LogP contribution >= 0.6 is 0 Å². The molecule has 0 aliphatic carbocycles. The third kappa shape index (κ3) is 8.43. The number of benzene rings is 3. The zero-order chi connectivity index (χ0) is 38.3. The Hall–Kier alpha value is -5.90. The van der Waals surface area contributed by atoms with Crippen LogP contribution in [0.5, 0.6) is 0 Å². The molecule has 7 rings (SSSR count). The highest BCUT2D eigenvalue weighted by Crippen LogP contribution is 2.33. The van der Waals surface area contributed by atoms with E-state index in [2.05, 4.69) is 55.5 Å². The van der Waals surface area contributed by atoms with Crippen molar-refractivity contribution in [3.63, 3.8) is 0 Å². The van der Waals surface area contributed by atoms with E-state index in [0.29, 0.717) is 56.9 Å². The molecule has 3 aromatic carbocycles. The van der Waals surface area contributed by atoms with Crippen LogP contribution in [0.25, 0.3) is 11.2 Å². The number of hydrogen-bond donors (Lipinski definition) is 6. The summed E-state index contributed by atoms with van der Waals surface area (Å²) in [6.45, 7) is 3.58. The molecule has 5 aromatic rings. The zero-order valence-electron chi connectivity index (χ0n) is 30.4. The summed E-state index contributed by atoms with van der Waals surface area (Å²) >= 11 is 0. The summed E-state index contributed by atoms with van der Waals surface area (Å²) in [4.78, 5) is 55.0. The van der Waals surface area contributed by atoms with E-state index in [0.717, 1.165) is 16.7 Å². The van der Waals surface area contributed by atoms with E-state index < -0.39 is 36.4 Å². The van der Waals surface area contributed by atoms with E-state index in [1.165, 1.54) is 10.9 Å². The predicted octanol–water partition coefficient (Wildman–Crippen LogP) is 2.93. The second-order valence-electron chi connectivity index (χ2n) is 13.7. The molecule has 0 bridgehead atoms. The first-order valence-electron chi connectivity index (χ1n) is 18.6. The Morgan fingerprint density at radius 2 is 1.49 bits per heavy atom. The Morgan fingerprint density at radius 3 is 2.13 bits per heavy atom. The van der Waals surface area contributed by atoms with Gasteiger partial charge in [0, 0.05) is 44.7 Å². The standard InChI is InChI=1S/C40H45N9O6/c1-2-41-37(52)33-31(50)32(51)39(55-33)49-24-44-30-34(42-23-29(26-14-8-4-9-15-26)27-16-10-5-11-17-27)46-35(47-36(30)49)38(53)48-20-18-28(19-21-48)45-40(54)43-22-25-12-6-3-7-13-25/h3-17,24,28-29,31-33,39,50-51H,2,18-23H2,1H3,(H,41,52)(H,42,46,47)(H2,43,45,54)/t31-,32+,33-,39+/m0/s1. The molecule has 0 unspecified atom stereocenters. The molecular weight excluding hydrogens is 702 g/mol. The fourth-order valence-electron chi connectivity index (χ4n) is 7.08. The Bertz CT molecular complexity index is 2040. The van der Waals surface area contributed by atoms with Gasteiger partial charge in [0.2, 0.25) is 5.82 Å². The molecule has 2 fully saturated rings. The summed E-state index contributed by atoms with van der Waals surface area (Å²) in [6, 6.07) is 29.3. The number of carbonyl (C=O) groups is 3. The molecule has 4 atom stereocenters. The number of carbonyl (C=O) groups excluding carboxylic acids is 3. The van der Waals surface area contributed by atoms with Crippen LogP contribution in [-0.4, -0.2) is 103 Å². The molecule has 2 aromatic heterocycles. The number of hydrogen-bond acceptors (Lipinski definition) is 10. The van der Waals surface area contributed by atoms with Crippen LogP contribution < -0.4 is 21.3 Å². The van der Waals surface area contributed by atoms with Crippen molar-refractivity contribution in [1.82, 2.24) is 40.4 Å². The lowest BCUT2D eigenvalue weighted by Gasteiger charge is -2.32. The molecular formula is C40H45N9O6. The number of piperidine rings is 1. The number of likely N-dealkylation sites (N-methyl/N-ethyl adjacent to an activating group) is 1. The third-order valence-electron chi connectivity index (χ3n) is 10.0. The van der Waals surface area contributed by atoms with Crippen molar-refractivity contribution in [3.05, 3.63) is 120 Å². The van der Waals surface area contributed by atoms with Crippen LogP contribution in [0.1, 0.15) is 59.2 Å². The van der Waals surface area contributed by atoms with Crippen molar-refractivity contribution in [1.29, 1.82) is 0 Å². The van der Waals surface area contributed by atoms with Crippen molar-refractivity contribution >= 4 is 34.8 Å². The van der Waals surface area contributed by atoms with Crippen molar-refractivity contribution < 1.29 is 29.3 Å². The van der Waals surface area contributed by atoms with Crippen LogP contribution in [0, 0.1) is 0 Å². The lowest BCUT2D eigenvalue weighted by Crippen LogP contribution is -2.49. The lowest BCUT2D eigenvalue weighted by atomic mass is 9.91. The third-order valence-corrected chi connectivity index (χ3v) is 10.0. The highest BCUT2D eigenvalue weighted by atomic mass is 16.6. The van der Waals surface area contributed by atoms with Crippen LogP contribution in [0.15, 0.2) is 97.3 Å². The van der Waals surface area contributed by atoms with E-state index in [9.17, 15) is 24.6 Å². The second-order valence-corrected chi connectivity index (χ2v) is 13.7. The minimum absolute atomic E-state index is 0.0851. The molecule has 15 nitrogen and oxygen atoms in total. The average Bonchev–Trinajstić information content (AvgIpc) is 3.78. The highest BCUT2D eigenvalue weighted by molar-refractivity contribution is 5.94. The second kappa shape index (κ2) is 17.1. The van der Waals surface area contributed by atoms with E-state index >= 15 is 0 Å². The Balaban J connectivity index is 1.13. The van der Waals surface area contributed by atoms with Crippen molar-refractivity contribution in [3.8, 4) is 0 Å². The van der Waals surface area contributed by atoms with Gasteiger partial charge in [0.15, 0.2) is 29.3 Å². The largest absolute Gasteiger partial charge is 0.387 e. The van der Waals surface area contributed by atoms with Crippen molar-refractivity contribution in [2.45, 2.75) is 62.8 Å². The van der Waals surface area contributed by atoms with Gasteiger partial charge in [-0.2, -0.15) is 0 Å². The summed E-state index contributed by atoms with van der Waals surface area (Å²) in [6.07, 6.45) is -3.10. The van der Waals surface area contributed by atoms with Gasteiger partial charge in [0.1, 0.15) is 12.2 Å². The number of imidazole rings is 1. The van der Waals surface area contributed by atoms with Gasteiger partial charge in [0.25, 0.3) is 11.8 Å². The maximum absolute atomic E-state index is 14.1. The van der Waals surface area contributed by atoms with Crippen LogP contribution in [0.2, 0.25) is 0 Å². The molecule has 55 heavy (non-hydrogen) atoms. The summed E-state index contributed by atoms with van der Waals surface area (Å²) in [5, 5.41) is 33.8. The molecule has 4 amide bonds. The van der Waals surface area contributed by atoms with Gasteiger partial charge in [-0.3, -0.25) is 14.2 Å². The summed E-state index contributed by atoms with van der Waals surface area (Å²) in [5.74, 6) is -0.872. The summed E-state index contributed by atoms with van der Waals surface area (Å²) in [7, 11) is 0. The first-order valence-corrected chi connectivity index (χ1v) is 18.6. The molecule has 2 saturated heterocycles. The SMILES string of the molecule is CCNC(=O)[C@H]1O[C@@H](n2cnc3c(NCC(c4ccccc4)c4ccccc4)nc(C(=O)N4CCC(NC(=O)NCc5ccccc5)CC4)nc32)[C@H](O)[C@@H]1O. The number of anilines is 1. The molecule has 15 heteroatoms. The van der Waals surface area contributed by atoms with Gasteiger partial charge < -0.3 is 41.1 Å². The topological polar surface area (TPSA) is 196 Å².